The second kappa shape index (κ2) is 5.90. The molecule has 0 atom stereocenters. The molecule has 0 fully saturated rings. The van der Waals surface area contributed by atoms with Crippen molar-refractivity contribution < 1.29 is 23.8 Å². The maximum atomic E-state index is 13.3. The van der Waals surface area contributed by atoms with E-state index in [0.29, 0.717) is 16.4 Å². The van der Waals surface area contributed by atoms with Gasteiger partial charge >= 0.3 is 0 Å². The first-order valence-corrected chi connectivity index (χ1v) is 7.97. The average Bonchev–Trinajstić information content (AvgIpc) is 3.26. The zero-order valence-corrected chi connectivity index (χ0v) is 14.8. The molecule has 0 aliphatic heterocycles. The van der Waals surface area contributed by atoms with Gasteiger partial charge in [-0.3, -0.25) is 9.89 Å². The number of nitrogens with two attached hydrogens (primary N) is 1. The number of carbonyl (C=O) groups excluding carboxylic acids is 1. The minimum Gasteiger partial charge on any atom is -0.504 e. The van der Waals surface area contributed by atoms with Crippen LogP contribution in [0.5, 0.6) is 17.2 Å². The average molecular weight is 368 g/mol. The van der Waals surface area contributed by atoms with Gasteiger partial charge in [0.15, 0.2) is 17.0 Å². The summed E-state index contributed by atoms with van der Waals surface area (Å²) in [6, 6.07) is 3.21. The van der Waals surface area contributed by atoms with Crippen LogP contribution in [0.25, 0.3) is 22.0 Å². The lowest BCUT2D eigenvalue weighted by Gasteiger charge is -2.14. The minimum absolute atomic E-state index is 0.00768. The third-order valence-electron chi connectivity index (χ3n) is 4.44. The first-order chi connectivity index (χ1) is 13.0. The van der Waals surface area contributed by atoms with Gasteiger partial charge in [0, 0.05) is 11.1 Å². The number of nitrogens with zero attached hydrogens (tertiary/aromatic N) is 2. The Kier molecular flexibility index (Phi) is 3.65. The second-order valence-electron chi connectivity index (χ2n) is 5.92. The molecule has 0 bridgehead atoms. The molecule has 4 rings (SSSR count). The van der Waals surface area contributed by atoms with Crippen LogP contribution in [-0.4, -0.2) is 40.3 Å². The van der Waals surface area contributed by atoms with Crippen LogP contribution in [0.2, 0.25) is 0 Å². The summed E-state index contributed by atoms with van der Waals surface area (Å²) in [7, 11) is 2.77. The fourth-order valence-electron chi connectivity index (χ4n) is 3.13. The van der Waals surface area contributed by atoms with Crippen LogP contribution in [0.1, 0.15) is 21.6 Å². The molecule has 0 saturated heterocycles. The molecule has 0 saturated carbocycles. The van der Waals surface area contributed by atoms with Gasteiger partial charge < -0.3 is 24.7 Å². The summed E-state index contributed by atoms with van der Waals surface area (Å²) >= 11 is 0. The highest BCUT2D eigenvalue weighted by Gasteiger charge is 2.29. The van der Waals surface area contributed by atoms with Crippen LogP contribution in [0.3, 0.4) is 0 Å². The molecule has 0 aliphatic rings. The van der Waals surface area contributed by atoms with Crippen molar-refractivity contribution >= 4 is 33.6 Å². The Morgan fingerprint density at radius 2 is 2.00 bits per heavy atom. The van der Waals surface area contributed by atoms with Crippen molar-refractivity contribution in [2.24, 2.45) is 0 Å². The number of ether oxygens (including phenoxy) is 2. The number of methoxy groups -OCH3 is 2. The number of anilines is 1. The SMILES string of the molecule is COc1c(C(=O)c2cc3c(C)[nH]nc3nc2N)c(O)c(OC)c2occc12. The molecule has 3 heterocycles. The van der Waals surface area contributed by atoms with Crippen molar-refractivity contribution in [3.05, 3.63) is 35.2 Å². The maximum Gasteiger partial charge on any atom is 0.205 e. The predicted octanol–water partition coefficient (Wildman–Crippen LogP) is 2.55. The monoisotopic (exact) mass is 368 g/mol. The number of pyridine rings is 1. The van der Waals surface area contributed by atoms with E-state index in [4.69, 9.17) is 19.6 Å². The highest BCUT2D eigenvalue weighted by atomic mass is 16.5. The number of aromatic nitrogens is 3. The number of H-pyrrole nitrogens is 1. The number of phenolic OH excluding ortho intramolecular Hbond substituents is 1. The fraction of sp³-hybridized carbons (Fsp3) is 0.167. The number of aryl methyl sites for hydroxylation is 1. The number of carbonyl (C=O) groups is 1. The topological polar surface area (TPSA) is 136 Å². The molecular formula is C18H16N4O5. The van der Waals surface area contributed by atoms with E-state index in [1.165, 1.54) is 20.5 Å². The van der Waals surface area contributed by atoms with Crippen molar-refractivity contribution in [3.63, 3.8) is 0 Å². The quantitative estimate of drug-likeness (QED) is 0.467. The summed E-state index contributed by atoms with van der Waals surface area (Å²) in [4.78, 5) is 17.5. The summed E-state index contributed by atoms with van der Waals surface area (Å²) in [5, 5.41) is 18.7. The van der Waals surface area contributed by atoms with Gasteiger partial charge in [-0.2, -0.15) is 5.10 Å². The fourth-order valence-corrected chi connectivity index (χ4v) is 3.13. The molecule has 9 heteroatoms. The van der Waals surface area contributed by atoms with Crippen molar-refractivity contribution in [2.45, 2.75) is 6.92 Å². The predicted molar refractivity (Wildman–Crippen MR) is 97.5 cm³/mol. The molecule has 0 amide bonds. The van der Waals surface area contributed by atoms with E-state index in [2.05, 4.69) is 15.2 Å². The van der Waals surface area contributed by atoms with Crippen molar-refractivity contribution in [1.82, 2.24) is 15.2 Å². The Morgan fingerprint density at radius 1 is 1.26 bits per heavy atom. The Balaban J connectivity index is 2.02. The third kappa shape index (κ3) is 2.28. The third-order valence-corrected chi connectivity index (χ3v) is 4.44. The number of benzene rings is 1. The van der Waals surface area contributed by atoms with E-state index >= 15 is 0 Å². The number of ketones is 1. The normalized spacial score (nSPS) is 11.2. The first kappa shape index (κ1) is 16.7. The first-order valence-electron chi connectivity index (χ1n) is 7.97. The molecule has 3 aromatic heterocycles. The zero-order valence-electron chi connectivity index (χ0n) is 14.8. The van der Waals surface area contributed by atoms with Crippen LogP contribution in [-0.2, 0) is 0 Å². The van der Waals surface area contributed by atoms with E-state index in [0.717, 1.165) is 5.69 Å². The number of nitrogens with one attached hydrogen (secondary N) is 1. The zero-order chi connectivity index (χ0) is 19.3. The highest BCUT2D eigenvalue weighted by Crippen LogP contribution is 2.46. The lowest BCUT2D eigenvalue weighted by molar-refractivity contribution is 0.103. The molecule has 0 unspecified atom stereocenters. The number of hydrogen-bond acceptors (Lipinski definition) is 8. The van der Waals surface area contributed by atoms with E-state index in [9.17, 15) is 9.90 Å². The van der Waals surface area contributed by atoms with E-state index in [-0.39, 0.29) is 34.0 Å². The van der Waals surface area contributed by atoms with Crippen LogP contribution < -0.4 is 15.2 Å². The van der Waals surface area contributed by atoms with Gasteiger partial charge in [-0.15, -0.1) is 0 Å². The van der Waals surface area contributed by atoms with Gasteiger partial charge in [-0.1, -0.05) is 0 Å². The van der Waals surface area contributed by atoms with Crippen molar-refractivity contribution in [3.8, 4) is 17.2 Å². The molecule has 0 radical (unpaired) electrons. The lowest BCUT2D eigenvalue weighted by atomic mass is 9.98. The number of phenols is 1. The molecule has 9 nitrogen and oxygen atoms in total. The van der Waals surface area contributed by atoms with Gasteiger partial charge in [-0.05, 0) is 19.1 Å². The number of hydrogen-bond donors (Lipinski definition) is 3. The van der Waals surface area contributed by atoms with E-state index in [1.807, 2.05) is 0 Å². The molecule has 4 N–H and O–H groups in total. The highest BCUT2D eigenvalue weighted by molar-refractivity contribution is 6.19. The van der Waals surface area contributed by atoms with Crippen LogP contribution >= 0.6 is 0 Å². The molecule has 27 heavy (non-hydrogen) atoms. The van der Waals surface area contributed by atoms with Gasteiger partial charge in [0.25, 0.3) is 0 Å². The molecule has 1 aromatic carbocycles. The molecule has 0 spiro atoms. The van der Waals surface area contributed by atoms with E-state index < -0.39 is 11.5 Å². The lowest BCUT2D eigenvalue weighted by Crippen LogP contribution is -2.10. The van der Waals surface area contributed by atoms with Gasteiger partial charge in [0.05, 0.1) is 31.4 Å². The Morgan fingerprint density at radius 3 is 2.70 bits per heavy atom. The van der Waals surface area contributed by atoms with Crippen LogP contribution in [0.4, 0.5) is 5.82 Å². The largest absolute Gasteiger partial charge is 0.504 e. The molecule has 0 aliphatic carbocycles. The summed E-state index contributed by atoms with van der Waals surface area (Å²) < 4.78 is 16.0. The molecule has 4 aromatic rings. The van der Waals surface area contributed by atoms with Crippen LogP contribution in [0.15, 0.2) is 22.8 Å². The summed E-state index contributed by atoms with van der Waals surface area (Å²) in [5.74, 6) is -0.771. The Hall–Kier alpha value is -3.75. The van der Waals surface area contributed by atoms with E-state index in [1.54, 1.807) is 19.1 Å². The van der Waals surface area contributed by atoms with Crippen LogP contribution in [0, 0.1) is 6.92 Å². The number of aromatic amines is 1. The minimum atomic E-state index is -0.557. The van der Waals surface area contributed by atoms with Gasteiger partial charge in [-0.25, -0.2) is 4.98 Å². The number of nitrogen functional groups attached to an aromatic ring is 1. The number of furan rings is 1. The number of aromatic hydroxyl groups is 1. The molecule has 138 valence electrons. The Labute approximate surface area is 152 Å². The smallest absolute Gasteiger partial charge is 0.205 e. The standard InChI is InChI=1S/C18H16N4O5/c1-7-9-6-10(17(19)20-18(9)22-21-7)12(23)11-13(24)16(26-3)15-8(4-5-27-15)14(11)25-2/h4-6,24H,1-3H3,(H3,19,20,21,22). The summed E-state index contributed by atoms with van der Waals surface area (Å²) in [5.41, 5.74) is 7.43. The van der Waals surface area contributed by atoms with Gasteiger partial charge in [0.2, 0.25) is 11.5 Å². The number of rotatable bonds is 4. The maximum absolute atomic E-state index is 13.3. The van der Waals surface area contributed by atoms with Gasteiger partial charge in [0.1, 0.15) is 17.1 Å². The number of fused-ring (bicyclic) bond motifs is 2. The summed E-state index contributed by atoms with van der Waals surface area (Å²) in [6.45, 7) is 1.81. The summed E-state index contributed by atoms with van der Waals surface area (Å²) in [6.07, 6.45) is 1.42. The Bertz CT molecular complexity index is 1210. The molecular weight excluding hydrogens is 352 g/mol. The van der Waals surface area contributed by atoms with Crippen molar-refractivity contribution in [1.29, 1.82) is 0 Å². The second-order valence-corrected chi connectivity index (χ2v) is 5.92. The van der Waals surface area contributed by atoms with Crippen molar-refractivity contribution in [2.75, 3.05) is 20.0 Å².